The molecule has 5 heteroatoms. The first kappa shape index (κ1) is 12.4. The zero-order chi connectivity index (χ0) is 12.3. The Morgan fingerprint density at radius 2 is 2.12 bits per heavy atom. The molecule has 0 fully saturated rings. The van der Waals surface area contributed by atoms with E-state index in [0.29, 0.717) is 11.4 Å². The highest BCUT2D eigenvalue weighted by molar-refractivity contribution is 5.97. The van der Waals surface area contributed by atoms with Gasteiger partial charge in [-0.15, -0.1) is 0 Å². The van der Waals surface area contributed by atoms with Gasteiger partial charge in [-0.2, -0.15) is 0 Å². The van der Waals surface area contributed by atoms with Gasteiger partial charge >= 0.3 is 0 Å². The number of carbonyl (C=O) groups excluding carboxylic acids is 1. The Hall–Kier alpha value is -1.62. The summed E-state index contributed by atoms with van der Waals surface area (Å²) in [6, 6.07) is 1.03. The van der Waals surface area contributed by atoms with Crippen LogP contribution in [0.15, 0.2) is 18.5 Å². The second-order valence-corrected chi connectivity index (χ2v) is 4.80. The number of anilines is 2. The minimum absolute atomic E-state index is 0.257. The van der Waals surface area contributed by atoms with Gasteiger partial charge in [-0.1, -0.05) is 20.8 Å². The first-order valence-electron chi connectivity index (χ1n) is 5.08. The molecule has 0 unspecified atom stereocenters. The maximum Gasteiger partial charge on any atom is 0.241 e. The van der Waals surface area contributed by atoms with E-state index in [9.17, 15) is 4.79 Å². The van der Waals surface area contributed by atoms with Crippen LogP contribution in [-0.4, -0.2) is 16.9 Å². The maximum atomic E-state index is 11.8. The lowest BCUT2D eigenvalue weighted by molar-refractivity contribution is -0.119. The van der Waals surface area contributed by atoms with Gasteiger partial charge in [0, 0.05) is 6.20 Å². The van der Waals surface area contributed by atoms with Crippen molar-refractivity contribution in [1.82, 2.24) is 4.98 Å². The van der Waals surface area contributed by atoms with Crippen LogP contribution in [0.1, 0.15) is 20.8 Å². The highest BCUT2D eigenvalue weighted by Crippen LogP contribution is 2.20. The topological polar surface area (TPSA) is 94.0 Å². The number of amides is 1. The van der Waals surface area contributed by atoms with Gasteiger partial charge < -0.3 is 16.8 Å². The fraction of sp³-hybridized carbons (Fsp3) is 0.455. The molecule has 0 aliphatic rings. The van der Waals surface area contributed by atoms with E-state index in [4.69, 9.17) is 11.5 Å². The van der Waals surface area contributed by atoms with Gasteiger partial charge in [0.2, 0.25) is 5.91 Å². The van der Waals surface area contributed by atoms with Crippen LogP contribution in [0.5, 0.6) is 0 Å². The van der Waals surface area contributed by atoms with Gasteiger partial charge in [0.1, 0.15) is 0 Å². The number of nitrogens with zero attached hydrogens (tertiary/aromatic N) is 1. The summed E-state index contributed by atoms with van der Waals surface area (Å²) in [5.74, 6) is -0.257. The molecular weight excluding hydrogens is 204 g/mol. The monoisotopic (exact) mass is 222 g/mol. The van der Waals surface area contributed by atoms with Gasteiger partial charge in [-0.25, -0.2) is 0 Å². The summed E-state index contributed by atoms with van der Waals surface area (Å²) < 4.78 is 0. The zero-order valence-electron chi connectivity index (χ0n) is 9.82. The molecule has 0 saturated carbocycles. The van der Waals surface area contributed by atoms with Crippen molar-refractivity contribution in [3.8, 4) is 0 Å². The van der Waals surface area contributed by atoms with Crippen molar-refractivity contribution >= 4 is 17.3 Å². The van der Waals surface area contributed by atoms with Gasteiger partial charge in [0.05, 0.1) is 23.6 Å². The van der Waals surface area contributed by atoms with Gasteiger partial charge in [0.15, 0.2) is 0 Å². The summed E-state index contributed by atoms with van der Waals surface area (Å²) in [7, 11) is 0. The number of nitrogen functional groups attached to an aromatic ring is 1. The first-order chi connectivity index (χ1) is 7.32. The lowest BCUT2D eigenvalue weighted by atomic mass is 9.87. The minimum atomic E-state index is -0.591. The summed E-state index contributed by atoms with van der Waals surface area (Å²) in [5, 5.41) is 2.67. The summed E-state index contributed by atoms with van der Waals surface area (Å²) in [4.78, 5) is 15.7. The van der Waals surface area contributed by atoms with Crippen LogP contribution in [0.2, 0.25) is 0 Å². The molecule has 1 aromatic heterocycles. The fourth-order valence-corrected chi connectivity index (χ4v) is 1.11. The highest BCUT2D eigenvalue weighted by atomic mass is 16.2. The molecule has 88 valence electrons. The van der Waals surface area contributed by atoms with Crippen LogP contribution in [0.4, 0.5) is 11.4 Å². The van der Waals surface area contributed by atoms with E-state index in [0.717, 1.165) is 0 Å². The lowest BCUT2D eigenvalue weighted by Crippen LogP contribution is -2.45. The molecule has 1 aromatic rings. The van der Waals surface area contributed by atoms with Crippen LogP contribution in [0, 0.1) is 5.41 Å². The third-order valence-electron chi connectivity index (χ3n) is 2.33. The number of hydrogen-bond acceptors (Lipinski definition) is 4. The number of nitrogens with one attached hydrogen (secondary N) is 1. The third-order valence-corrected chi connectivity index (χ3v) is 2.33. The Morgan fingerprint density at radius 1 is 1.50 bits per heavy atom. The molecule has 0 bridgehead atoms. The van der Waals surface area contributed by atoms with Crippen LogP contribution in [0.3, 0.4) is 0 Å². The molecule has 0 radical (unpaired) electrons. The normalized spacial score (nSPS) is 13.2. The predicted molar refractivity (Wildman–Crippen MR) is 64.7 cm³/mol. The SMILES string of the molecule is CC(C)(C)[C@H](N)C(=O)Nc1cnccc1N. The highest BCUT2D eigenvalue weighted by Gasteiger charge is 2.27. The maximum absolute atomic E-state index is 11.8. The van der Waals surface area contributed by atoms with E-state index >= 15 is 0 Å². The van der Waals surface area contributed by atoms with Crippen molar-refractivity contribution in [1.29, 1.82) is 0 Å². The van der Waals surface area contributed by atoms with Crippen LogP contribution < -0.4 is 16.8 Å². The quantitative estimate of drug-likeness (QED) is 0.695. The van der Waals surface area contributed by atoms with Crippen molar-refractivity contribution in [2.75, 3.05) is 11.1 Å². The summed E-state index contributed by atoms with van der Waals surface area (Å²) in [5.41, 5.74) is 12.2. The number of rotatable bonds is 2. The number of pyridine rings is 1. The summed E-state index contributed by atoms with van der Waals surface area (Å²) in [6.07, 6.45) is 3.07. The summed E-state index contributed by atoms with van der Waals surface area (Å²) in [6.45, 7) is 5.72. The Kier molecular flexibility index (Phi) is 3.49. The molecular formula is C11H18N4O. The Bertz CT molecular complexity index is 384. The van der Waals surface area contributed by atoms with Gasteiger partial charge in [0.25, 0.3) is 0 Å². The minimum Gasteiger partial charge on any atom is -0.397 e. The Balaban J connectivity index is 2.76. The predicted octanol–water partition coefficient (Wildman–Crippen LogP) is 0.976. The Labute approximate surface area is 95.2 Å². The lowest BCUT2D eigenvalue weighted by Gasteiger charge is -2.25. The molecule has 0 aromatic carbocycles. The zero-order valence-corrected chi connectivity index (χ0v) is 9.82. The van der Waals surface area contributed by atoms with Crippen LogP contribution >= 0.6 is 0 Å². The largest absolute Gasteiger partial charge is 0.397 e. The number of carbonyl (C=O) groups is 1. The molecule has 1 rings (SSSR count). The first-order valence-corrected chi connectivity index (χ1v) is 5.08. The summed E-state index contributed by atoms with van der Waals surface area (Å²) >= 11 is 0. The molecule has 0 aliphatic heterocycles. The van der Waals surface area contributed by atoms with Crippen LogP contribution in [0.25, 0.3) is 0 Å². The van der Waals surface area contributed by atoms with Crippen LogP contribution in [-0.2, 0) is 4.79 Å². The van der Waals surface area contributed by atoms with E-state index in [1.807, 2.05) is 20.8 Å². The van der Waals surface area contributed by atoms with Gasteiger partial charge in [-0.3, -0.25) is 9.78 Å². The average Bonchev–Trinajstić information content (AvgIpc) is 2.19. The van der Waals surface area contributed by atoms with E-state index in [1.165, 1.54) is 6.20 Å². The number of nitrogens with two attached hydrogens (primary N) is 2. The molecule has 1 amide bonds. The molecule has 0 aliphatic carbocycles. The smallest absolute Gasteiger partial charge is 0.241 e. The van der Waals surface area contributed by atoms with Crippen molar-refractivity contribution in [3.63, 3.8) is 0 Å². The van der Waals surface area contributed by atoms with Crippen molar-refractivity contribution in [2.24, 2.45) is 11.1 Å². The molecule has 5 nitrogen and oxygen atoms in total. The molecule has 16 heavy (non-hydrogen) atoms. The van der Waals surface area contributed by atoms with Crippen molar-refractivity contribution in [3.05, 3.63) is 18.5 Å². The molecule has 1 heterocycles. The van der Waals surface area contributed by atoms with Gasteiger partial charge in [-0.05, 0) is 11.5 Å². The second kappa shape index (κ2) is 4.49. The number of hydrogen-bond donors (Lipinski definition) is 3. The van der Waals surface area contributed by atoms with E-state index < -0.39 is 6.04 Å². The molecule has 0 saturated heterocycles. The van der Waals surface area contributed by atoms with E-state index in [-0.39, 0.29) is 11.3 Å². The fourth-order valence-electron chi connectivity index (χ4n) is 1.11. The van der Waals surface area contributed by atoms with E-state index in [2.05, 4.69) is 10.3 Å². The van der Waals surface area contributed by atoms with Crippen molar-refractivity contribution < 1.29 is 4.79 Å². The molecule has 5 N–H and O–H groups in total. The molecule has 0 spiro atoms. The average molecular weight is 222 g/mol. The second-order valence-electron chi connectivity index (χ2n) is 4.80. The van der Waals surface area contributed by atoms with E-state index in [1.54, 1.807) is 12.3 Å². The molecule has 1 atom stereocenters. The van der Waals surface area contributed by atoms with Crippen molar-refractivity contribution in [2.45, 2.75) is 26.8 Å². The third kappa shape index (κ3) is 2.93. The Morgan fingerprint density at radius 3 is 2.62 bits per heavy atom. The number of aromatic nitrogens is 1. The standard InChI is InChI=1S/C11H18N4O/c1-11(2,3)9(13)10(16)15-8-6-14-5-4-7(8)12/h4-6,9H,13H2,1-3H3,(H2,12,14)(H,15,16)/t9-/m1/s1.